The fourth-order valence-electron chi connectivity index (χ4n) is 4.74. The van der Waals surface area contributed by atoms with Gasteiger partial charge in [-0.2, -0.15) is 10.4 Å². The van der Waals surface area contributed by atoms with Crippen LogP contribution in [0.15, 0.2) is 36.0 Å². The molecule has 2 N–H and O–H groups in total. The quantitative estimate of drug-likeness (QED) is 0.402. The number of hydrogen-bond donors (Lipinski definition) is 1. The predicted octanol–water partition coefficient (Wildman–Crippen LogP) is 4.73. The van der Waals surface area contributed by atoms with E-state index in [1.807, 2.05) is 20.8 Å². The summed E-state index contributed by atoms with van der Waals surface area (Å²) in [4.78, 5) is 31.2. The van der Waals surface area contributed by atoms with E-state index in [1.54, 1.807) is 40.9 Å². The Balaban J connectivity index is 2.35. The Bertz CT molecular complexity index is 1050. The van der Waals surface area contributed by atoms with Crippen molar-refractivity contribution in [1.82, 2.24) is 14.7 Å². The molecule has 9 heteroatoms. The fraction of sp³-hybridized carbons (Fsp3) is 0.577. The summed E-state index contributed by atoms with van der Waals surface area (Å²) in [5, 5.41) is 14.3. The molecule has 2 heterocycles. The molecule has 0 aromatic carbocycles. The first-order valence-corrected chi connectivity index (χ1v) is 11.9. The van der Waals surface area contributed by atoms with Gasteiger partial charge < -0.3 is 15.4 Å². The Morgan fingerprint density at radius 3 is 2.71 bits per heavy atom. The van der Waals surface area contributed by atoms with Gasteiger partial charge in [0.2, 0.25) is 0 Å². The summed E-state index contributed by atoms with van der Waals surface area (Å²) >= 11 is 0. The van der Waals surface area contributed by atoms with Crippen LogP contribution in [0.1, 0.15) is 71.2 Å². The van der Waals surface area contributed by atoms with Crippen LogP contribution in [0.25, 0.3) is 0 Å². The zero-order valence-corrected chi connectivity index (χ0v) is 21.7. The number of primary amides is 1. The lowest BCUT2D eigenvalue weighted by molar-refractivity contribution is -0.0196. The van der Waals surface area contributed by atoms with Crippen molar-refractivity contribution in [2.45, 2.75) is 71.9 Å². The van der Waals surface area contributed by atoms with Gasteiger partial charge in [-0.1, -0.05) is 39.5 Å². The third-order valence-corrected chi connectivity index (χ3v) is 6.31. The van der Waals surface area contributed by atoms with Crippen molar-refractivity contribution in [3.05, 3.63) is 36.6 Å². The van der Waals surface area contributed by atoms with E-state index in [4.69, 9.17) is 10.5 Å². The number of aromatic nitrogens is 2. The van der Waals surface area contributed by atoms with Crippen LogP contribution < -0.4 is 5.73 Å². The second kappa shape index (κ2) is 11.3. The van der Waals surface area contributed by atoms with E-state index in [1.165, 1.54) is 0 Å². The van der Waals surface area contributed by atoms with E-state index in [0.29, 0.717) is 31.1 Å². The number of aliphatic imine (C=N–C) groups is 1. The van der Waals surface area contributed by atoms with Crippen LogP contribution in [0, 0.1) is 23.2 Å². The lowest BCUT2D eigenvalue weighted by Crippen LogP contribution is -2.54. The van der Waals surface area contributed by atoms with Gasteiger partial charge in [-0.25, -0.2) is 9.79 Å². The van der Waals surface area contributed by atoms with Gasteiger partial charge in [0.05, 0.1) is 18.0 Å². The minimum Gasteiger partial charge on any atom is -0.443 e. The summed E-state index contributed by atoms with van der Waals surface area (Å²) in [5.41, 5.74) is 5.12. The van der Waals surface area contributed by atoms with Crippen LogP contribution in [0.2, 0.25) is 0 Å². The maximum absolute atomic E-state index is 12.9. The first-order chi connectivity index (χ1) is 16.3. The lowest BCUT2D eigenvalue weighted by atomic mass is 9.77. The van der Waals surface area contributed by atoms with Gasteiger partial charge in [-0.15, -0.1) is 0 Å². The molecule has 0 radical (unpaired) electrons. The molecule has 1 aliphatic heterocycles. The van der Waals surface area contributed by atoms with Crippen LogP contribution in [-0.2, 0) is 10.3 Å². The minimum atomic E-state index is -0.720. The summed E-state index contributed by atoms with van der Waals surface area (Å²) in [5.74, 6) is -0.196. The molecule has 190 valence electrons. The second-order valence-electron chi connectivity index (χ2n) is 10.3. The highest BCUT2D eigenvalue weighted by molar-refractivity contribution is 6.00. The molecule has 2 atom stereocenters. The molecule has 35 heavy (non-hydrogen) atoms. The van der Waals surface area contributed by atoms with Gasteiger partial charge in [-0.3, -0.25) is 9.48 Å². The maximum atomic E-state index is 12.9. The zero-order chi connectivity index (χ0) is 26.4. The summed E-state index contributed by atoms with van der Waals surface area (Å²) in [6.07, 6.45) is 7.70. The first kappa shape index (κ1) is 27.8. The average Bonchev–Trinajstić information content (AvgIpc) is 3.16. The van der Waals surface area contributed by atoms with Crippen molar-refractivity contribution in [2.75, 3.05) is 13.1 Å². The maximum Gasteiger partial charge on any atom is 0.410 e. The highest BCUT2D eigenvalue weighted by Crippen LogP contribution is 2.39. The molecule has 2 amide bonds. The smallest absolute Gasteiger partial charge is 0.410 e. The van der Waals surface area contributed by atoms with E-state index >= 15 is 0 Å². The molecule has 0 bridgehead atoms. The van der Waals surface area contributed by atoms with Crippen molar-refractivity contribution >= 4 is 23.5 Å². The molecule has 9 nitrogen and oxygen atoms in total. The van der Waals surface area contributed by atoms with E-state index in [2.05, 4.69) is 36.6 Å². The molecule has 1 aromatic heterocycles. The van der Waals surface area contributed by atoms with E-state index < -0.39 is 17.0 Å². The minimum absolute atomic E-state index is 0.143. The molecule has 0 aliphatic carbocycles. The molecular weight excluding hydrogens is 444 g/mol. The molecule has 2 unspecified atom stereocenters. The number of carbonyl (C=O) groups excluding carboxylic acids is 2. The van der Waals surface area contributed by atoms with Crippen LogP contribution in [-0.4, -0.2) is 51.1 Å². The fourth-order valence-corrected chi connectivity index (χ4v) is 4.74. The van der Waals surface area contributed by atoms with Crippen molar-refractivity contribution in [3.63, 3.8) is 0 Å². The Morgan fingerprint density at radius 1 is 1.49 bits per heavy atom. The van der Waals surface area contributed by atoms with E-state index in [-0.39, 0.29) is 29.8 Å². The third-order valence-electron chi connectivity index (χ3n) is 6.31. The molecule has 0 spiro atoms. The van der Waals surface area contributed by atoms with Crippen molar-refractivity contribution in [2.24, 2.45) is 22.6 Å². The van der Waals surface area contributed by atoms with Crippen molar-refractivity contribution in [1.29, 1.82) is 5.26 Å². The largest absolute Gasteiger partial charge is 0.443 e. The highest BCUT2D eigenvalue weighted by atomic mass is 16.6. The molecule has 0 saturated carbocycles. The Kier molecular flexibility index (Phi) is 9.02. The number of amides is 2. The summed E-state index contributed by atoms with van der Waals surface area (Å²) < 4.78 is 7.46. The standard InChI is InChI=1S/C26H38N6O3/c1-8-9-10-20(5)29-23-21(22(28)33)17-32(30-23)26(11-13-27)12-14-31(16-19(26)4)24(34)35-25(6,7)15-18(2)3/h8-10,17-19H,1,11-12,14-16H2,2-7H3,(H2,28,33)/b10-9-,29-20?. The average molecular weight is 483 g/mol. The lowest BCUT2D eigenvalue weighted by Gasteiger charge is -2.45. The predicted molar refractivity (Wildman–Crippen MR) is 136 cm³/mol. The van der Waals surface area contributed by atoms with Crippen molar-refractivity contribution < 1.29 is 14.3 Å². The van der Waals surface area contributed by atoms with Gasteiger partial charge in [0.25, 0.3) is 5.91 Å². The first-order valence-electron chi connectivity index (χ1n) is 11.9. The van der Waals surface area contributed by atoms with Gasteiger partial charge in [0.1, 0.15) is 11.2 Å². The van der Waals surface area contributed by atoms with Crippen molar-refractivity contribution in [3.8, 4) is 6.07 Å². The topological polar surface area (TPSA) is 127 Å². The van der Waals surface area contributed by atoms with Crippen LogP contribution in [0.3, 0.4) is 0 Å². The Morgan fingerprint density at radius 2 is 2.17 bits per heavy atom. The number of piperidine rings is 1. The van der Waals surface area contributed by atoms with Gasteiger partial charge in [-0.05, 0) is 45.6 Å². The number of hydrogen-bond acceptors (Lipinski definition) is 6. The van der Waals surface area contributed by atoms with Crippen LogP contribution in [0.4, 0.5) is 10.6 Å². The number of likely N-dealkylation sites (tertiary alicyclic amines) is 1. The summed E-state index contributed by atoms with van der Waals surface area (Å²) in [7, 11) is 0. The zero-order valence-electron chi connectivity index (χ0n) is 21.7. The SMILES string of the molecule is C=C/C=C\C(C)=Nc1nn(C2(CC#N)CCN(C(=O)OC(C)(C)CC(C)C)CC2C)cc1C(N)=O. The molecule has 1 aliphatic rings. The van der Waals surface area contributed by atoms with Crippen LogP contribution >= 0.6 is 0 Å². The number of nitrogens with two attached hydrogens (primary N) is 1. The molecule has 1 aromatic rings. The second-order valence-corrected chi connectivity index (χ2v) is 10.3. The van der Waals surface area contributed by atoms with E-state index in [9.17, 15) is 14.9 Å². The Labute approximate surface area is 208 Å². The number of rotatable bonds is 9. The summed E-state index contributed by atoms with van der Waals surface area (Å²) in [6.45, 7) is 16.2. The number of nitrogens with zero attached hydrogens (tertiary/aromatic N) is 5. The van der Waals surface area contributed by atoms with Gasteiger partial charge in [0.15, 0.2) is 5.82 Å². The normalized spacial score (nSPS) is 21.3. The van der Waals surface area contributed by atoms with Crippen LogP contribution in [0.5, 0.6) is 0 Å². The Hall–Kier alpha value is -3.41. The van der Waals surface area contributed by atoms with E-state index in [0.717, 1.165) is 6.42 Å². The molecule has 2 rings (SSSR count). The number of nitriles is 1. The third kappa shape index (κ3) is 6.81. The number of allylic oxidation sites excluding steroid dienone is 3. The van der Waals surface area contributed by atoms with Gasteiger partial charge in [0, 0.05) is 30.9 Å². The monoisotopic (exact) mass is 482 g/mol. The molecular formula is C26H38N6O3. The highest BCUT2D eigenvalue weighted by Gasteiger charge is 2.45. The summed E-state index contributed by atoms with van der Waals surface area (Å²) in [6, 6.07) is 2.27. The molecule has 1 fully saturated rings. The number of carbonyl (C=O) groups is 2. The molecule has 1 saturated heterocycles. The number of ether oxygens (including phenoxy) is 1. The van der Waals surface area contributed by atoms with Gasteiger partial charge >= 0.3 is 6.09 Å².